The predicted octanol–water partition coefficient (Wildman–Crippen LogP) is 18.4. The van der Waals surface area contributed by atoms with Crippen LogP contribution < -0.4 is 54.5 Å². The smallest absolute Gasteiger partial charge is 0.119 e. The maximum absolute atomic E-state index is 14.4. The van der Waals surface area contributed by atoms with Gasteiger partial charge in [0.15, 0.2) is 22.1 Å². The van der Waals surface area contributed by atoms with E-state index in [2.05, 4.69) is 258 Å². The standard InChI is InChI=1S/C21H13FN6.C20H12FN5.2C18H15P.C14H10BFN2O2.C6H4ClN3.C3H3N3.2ClH.Pd/c22-16-6-2-1-4-13(16)17-10-15(12-5-3-8-25-21(12)28-17)19-18-14(7-9-24-19)20(23)27-11-26-18;21-16-6-2-1-4-14(16)17-10-15(13-5-3-8-25-20(13)26-17)19-18(23)12(11-22)7-9-24-19;2*1-4-10-16(11-5-1)19(17-12-6-2-7-13-17)18-14-8-3-9-15-18;16-12-6-2-1-4-10(12)13-8-11(15(19)20)9-5-3-7-17-14(9)18-13;7-6-5(9)4(3-8)1-2-10-6;1-4-2-6-3-5-1;;;/h1-11H,(H2,23,26,27);1-10H,23H2;2*1-15H;1-8,19-20H;1-2H,9H2;1-3H;2*1H;/q;;;;;;;;;+2/p-2. The zero-order valence-corrected chi connectivity index (χ0v) is 74.4. The van der Waals surface area contributed by atoms with Gasteiger partial charge in [-0.3, -0.25) is 9.97 Å². The molecule has 0 aliphatic rings. The molecule has 31 heteroatoms. The number of hydrogen-bond acceptors (Lipinski definition) is 21. The number of nitrogen functional groups attached to an aromatic ring is 3. The fourth-order valence-electron chi connectivity index (χ4n) is 13.3. The van der Waals surface area contributed by atoms with Crippen LogP contribution in [0, 0.1) is 40.1 Å². The minimum atomic E-state index is -1.67. The number of benzene rings is 9. The molecule has 0 unspecified atom stereocenters. The van der Waals surface area contributed by atoms with Gasteiger partial charge in [0.1, 0.15) is 66.2 Å². The number of nitrogens with two attached hydrogens (primary N) is 3. The third kappa shape index (κ3) is 24.5. The first-order chi connectivity index (χ1) is 64.1. The monoisotopic (exact) mass is 1910 g/mol. The van der Waals surface area contributed by atoms with Gasteiger partial charge in [0.25, 0.3) is 0 Å². The number of rotatable bonds is 12. The van der Waals surface area contributed by atoms with Gasteiger partial charge in [0.05, 0.1) is 51.0 Å². The van der Waals surface area contributed by atoms with Crippen LogP contribution >= 0.6 is 46.5 Å². The Morgan fingerprint density at radius 3 is 1.02 bits per heavy atom. The number of fused-ring (bicyclic) bond motifs is 4. The van der Waals surface area contributed by atoms with E-state index < -0.39 is 28.8 Å². The molecule has 11 heterocycles. The second kappa shape index (κ2) is 47.7. The first-order valence-electron chi connectivity index (χ1n) is 39.6. The molecular formula is C100H72BCl3F3N19O2P2Pd. The molecule has 0 radical (unpaired) electrons. The largest absolute Gasteiger partial charge is 0.225 e. The van der Waals surface area contributed by atoms with E-state index in [0.717, 1.165) is 16.3 Å². The molecule has 8 N–H and O–H groups in total. The Balaban J connectivity index is 0.000000133. The summed E-state index contributed by atoms with van der Waals surface area (Å²) in [5.74, 6) is -0.783. The van der Waals surface area contributed by atoms with Crippen molar-refractivity contribution < 1.29 is 39.2 Å². The Morgan fingerprint density at radius 1 is 0.328 bits per heavy atom. The topological polar surface area (TPSA) is 347 Å². The molecule has 21 nitrogen and oxygen atoms in total. The van der Waals surface area contributed by atoms with Crippen molar-refractivity contribution in [1.29, 1.82) is 10.5 Å². The third-order valence-corrected chi connectivity index (χ3v) is 24.5. The van der Waals surface area contributed by atoms with Gasteiger partial charge in [-0.25, -0.2) is 73.0 Å². The summed E-state index contributed by atoms with van der Waals surface area (Å²) in [4.78, 5) is 57.7. The maximum atomic E-state index is 14.4. The van der Waals surface area contributed by atoms with Gasteiger partial charge < -0.3 is 27.2 Å². The van der Waals surface area contributed by atoms with E-state index in [0.29, 0.717) is 101 Å². The number of pyridine rings is 9. The van der Waals surface area contributed by atoms with Gasteiger partial charge in [-0.05, 0) is 156 Å². The van der Waals surface area contributed by atoms with Crippen molar-refractivity contribution in [3.05, 3.63) is 424 Å². The molecule has 644 valence electrons. The van der Waals surface area contributed by atoms with Crippen molar-refractivity contribution in [1.82, 2.24) is 69.8 Å². The van der Waals surface area contributed by atoms with E-state index in [4.69, 9.17) is 53.1 Å². The summed E-state index contributed by atoms with van der Waals surface area (Å²) in [5.41, 5.74) is 25.6. The summed E-state index contributed by atoms with van der Waals surface area (Å²) in [6, 6.07) is 108. The zero-order chi connectivity index (χ0) is 91.6. The molecule has 0 spiro atoms. The summed E-state index contributed by atoms with van der Waals surface area (Å²) >= 11 is 5.40. The van der Waals surface area contributed by atoms with E-state index in [9.17, 15) is 28.5 Å². The summed E-state index contributed by atoms with van der Waals surface area (Å²) in [6.07, 6.45) is 15.2. The Bertz CT molecular complexity index is 6940. The molecule has 9 aromatic carbocycles. The molecule has 20 aromatic rings. The molecule has 0 saturated heterocycles. The minimum Gasteiger partial charge on any atom is -0.225 e. The van der Waals surface area contributed by atoms with Crippen LogP contribution in [0.15, 0.2) is 390 Å². The Hall–Kier alpha value is -15.0. The number of anilines is 3. The molecule has 0 fully saturated rings. The van der Waals surface area contributed by atoms with Crippen LogP contribution in [-0.4, -0.2) is 86.9 Å². The van der Waals surface area contributed by atoms with E-state index in [1.54, 1.807) is 116 Å². The van der Waals surface area contributed by atoms with Gasteiger partial charge in [-0.1, -0.05) is 236 Å². The van der Waals surface area contributed by atoms with Crippen LogP contribution in [-0.2, 0) is 15.9 Å². The summed E-state index contributed by atoms with van der Waals surface area (Å²) in [5, 5.41) is 47.9. The second-order valence-corrected chi connectivity index (χ2v) is 34.5. The predicted molar refractivity (Wildman–Crippen MR) is 518 cm³/mol. The van der Waals surface area contributed by atoms with E-state index in [1.807, 2.05) is 30.3 Å². The second-order valence-electron chi connectivity index (χ2n) is 27.4. The van der Waals surface area contributed by atoms with E-state index in [-0.39, 0.29) is 49.6 Å². The van der Waals surface area contributed by atoms with Gasteiger partial charge in [0, 0.05) is 86.5 Å². The van der Waals surface area contributed by atoms with Crippen molar-refractivity contribution in [2.24, 2.45) is 0 Å². The quantitative estimate of drug-likeness (QED) is 0.0431. The maximum Gasteiger partial charge on any atom is 0.119 e. The minimum absolute atomic E-state index is 0.106. The number of nitrogens with zero attached hydrogens (tertiary/aromatic N) is 16. The first kappa shape index (κ1) is 93.6. The van der Waals surface area contributed by atoms with Gasteiger partial charge in [0.2, 0.25) is 0 Å². The molecule has 0 amide bonds. The first-order valence-corrected chi connectivity index (χ1v) is 46.7. The van der Waals surface area contributed by atoms with Crippen molar-refractivity contribution in [3.63, 3.8) is 0 Å². The molecule has 0 aliphatic heterocycles. The molecular weight excluding hydrogens is 1840 g/mol. The zero-order valence-electron chi connectivity index (χ0n) is 68.8. The molecule has 131 heavy (non-hydrogen) atoms. The normalized spacial score (nSPS) is 10.4. The number of hydrogen-bond donors (Lipinski definition) is 5. The Kier molecular flexibility index (Phi) is 34.1. The molecule has 0 atom stereocenters. The summed E-state index contributed by atoms with van der Waals surface area (Å²) in [6.45, 7) is 0. The van der Waals surface area contributed by atoms with Crippen LogP contribution in [0.25, 0.3) is 100 Å². The van der Waals surface area contributed by atoms with Crippen LogP contribution in [0.3, 0.4) is 0 Å². The molecule has 0 saturated carbocycles. The van der Waals surface area contributed by atoms with Crippen LogP contribution in [0.1, 0.15) is 11.1 Å². The van der Waals surface area contributed by atoms with Crippen molar-refractivity contribution in [2.75, 3.05) is 17.2 Å². The van der Waals surface area contributed by atoms with Crippen molar-refractivity contribution >= 4 is 152 Å². The average molecular weight is 1910 g/mol. The Labute approximate surface area is 775 Å². The number of aromatic nitrogens is 14. The molecule has 20 rings (SSSR count). The summed E-state index contributed by atoms with van der Waals surface area (Å²) in [7, 11) is 7.06. The van der Waals surface area contributed by atoms with Gasteiger partial charge in [-0.2, -0.15) is 10.5 Å². The van der Waals surface area contributed by atoms with Crippen molar-refractivity contribution in [3.8, 4) is 68.4 Å². The summed E-state index contributed by atoms with van der Waals surface area (Å²) < 4.78 is 42.5. The average Bonchev–Trinajstić information content (AvgIpc) is 0.773. The fraction of sp³-hybridized carbons (Fsp3) is 0. The molecule has 0 bridgehead atoms. The van der Waals surface area contributed by atoms with E-state index in [1.165, 1.54) is 99.9 Å². The van der Waals surface area contributed by atoms with Crippen molar-refractivity contribution in [2.45, 2.75) is 0 Å². The van der Waals surface area contributed by atoms with Crippen LogP contribution in [0.5, 0.6) is 0 Å². The Morgan fingerprint density at radius 2 is 0.656 bits per heavy atom. The SMILES string of the molecule is N#Cc1ccnc(-c2cc(-c3ccccc3F)nc3ncccc23)c1N.N#Cc1ccnc(Cl)c1N.Nc1ncnc2c(-c3cc(-c4ccccc4F)nc4ncccc34)nccc12.OB(O)c1cc(-c2ccccc2F)nc2ncccc12.[Cl][Pd][Cl].c1ccc(P(c2ccccc2)c2ccccc2)cc1.c1ccc(P(c2ccccc2)c2ccccc2)cc1.c1ncncn1. The number of halogens is 6. The van der Waals surface area contributed by atoms with E-state index >= 15 is 0 Å². The van der Waals surface area contributed by atoms with Gasteiger partial charge in [-0.15, -0.1) is 0 Å². The number of nitriles is 2. The van der Waals surface area contributed by atoms with Crippen LogP contribution in [0.2, 0.25) is 5.15 Å². The molecule has 0 aliphatic carbocycles. The van der Waals surface area contributed by atoms with Gasteiger partial charge >= 0.3 is 42.1 Å². The fourth-order valence-corrected chi connectivity index (χ4v) is 18.1. The molecule has 11 aromatic heterocycles. The van der Waals surface area contributed by atoms with Crippen LogP contribution in [0.4, 0.5) is 30.4 Å². The third-order valence-electron chi connectivity index (χ3n) is 19.3.